The SMILES string of the molecule is Cc1ccc(N2CC[C@H](NC(=O)c3ccccc3Cl)C2=O)cc1. The highest BCUT2D eigenvalue weighted by Gasteiger charge is 2.33. The van der Waals surface area contributed by atoms with Crippen LogP contribution in [0.25, 0.3) is 0 Å². The van der Waals surface area contributed by atoms with Crippen LogP contribution in [0, 0.1) is 6.92 Å². The molecule has 0 aromatic heterocycles. The van der Waals surface area contributed by atoms with E-state index >= 15 is 0 Å². The molecule has 1 atom stereocenters. The van der Waals surface area contributed by atoms with Gasteiger partial charge in [-0.15, -0.1) is 0 Å². The summed E-state index contributed by atoms with van der Waals surface area (Å²) in [5.41, 5.74) is 2.38. The van der Waals surface area contributed by atoms with Gasteiger partial charge in [-0.2, -0.15) is 0 Å². The molecule has 1 heterocycles. The van der Waals surface area contributed by atoms with Gasteiger partial charge < -0.3 is 10.2 Å². The molecule has 2 aromatic carbocycles. The number of carbonyl (C=O) groups excluding carboxylic acids is 2. The molecule has 0 spiro atoms. The molecule has 4 nitrogen and oxygen atoms in total. The molecular formula is C18H17ClN2O2. The zero-order chi connectivity index (χ0) is 16.4. The Bertz CT molecular complexity index is 743. The third-order valence-electron chi connectivity index (χ3n) is 3.97. The Morgan fingerprint density at radius 1 is 1.17 bits per heavy atom. The van der Waals surface area contributed by atoms with E-state index in [0.717, 1.165) is 11.3 Å². The van der Waals surface area contributed by atoms with Crippen LogP contribution in [0.5, 0.6) is 0 Å². The normalized spacial score (nSPS) is 17.4. The summed E-state index contributed by atoms with van der Waals surface area (Å²) in [7, 11) is 0. The number of hydrogen-bond donors (Lipinski definition) is 1. The molecule has 0 radical (unpaired) electrons. The zero-order valence-electron chi connectivity index (χ0n) is 12.8. The number of rotatable bonds is 3. The van der Waals surface area contributed by atoms with Crippen LogP contribution < -0.4 is 10.2 Å². The van der Waals surface area contributed by atoms with Crippen molar-refractivity contribution in [1.82, 2.24) is 5.32 Å². The second-order valence-electron chi connectivity index (χ2n) is 5.62. The van der Waals surface area contributed by atoms with Gasteiger partial charge in [-0.25, -0.2) is 0 Å². The summed E-state index contributed by atoms with van der Waals surface area (Å²) in [6, 6.07) is 14.1. The molecule has 0 saturated carbocycles. The van der Waals surface area contributed by atoms with Crippen LogP contribution in [0.15, 0.2) is 48.5 Å². The van der Waals surface area contributed by atoms with Crippen molar-refractivity contribution in [3.05, 3.63) is 64.7 Å². The highest BCUT2D eigenvalue weighted by Crippen LogP contribution is 2.23. The quantitative estimate of drug-likeness (QED) is 0.940. The first-order valence-corrected chi connectivity index (χ1v) is 7.87. The molecule has 1 N–H and O–H groups in total. The van der Waals surface area contributed by atoms with Crippen molar-refractivity contribution in [2.75, 3.05) is 11.4 Å². The number of nitrogens with one attached hydrogen (secondary N) is 1. The summed E-state index contributed by atoms with van der Waals surface area (Å²) in [4.78, 5) is 26.5. The van der Waals surface area contributed by atoms with Gasteiger partial charge >= 0.3 is 0 Å². The summed E-state index contributed by atoms with van der Waals surface area (Å²) in [5.74, 6) is -0.408. The topological polar surface area (TPSA) is 49.4 Å². The number of carbonyl (C=O) groups is 2. The van der Waals surface area contributed by atoms with Crippen LogP contribution >= 0.6 is 11.6 Å². The van der Waals surface area contributed by atoms with Gasteiger partial charge in [0.05, 0.1) is 10.6 Å². The van der Waals surface area contributed by atoms with Gasteiger partial charge in [0.15, 0.2) is 0 Å². The van der Waals surface area contributed by atoms with E-state index in [9.17, 15) is 9.59 Å². The van der Waals surface area contributed by atoms with Crippen LogP contribution in [-0.2, 0) is 4.79 Å². The first-order valence-electron chi connectivity index (χ1n) is 7.49. The smallest absolute Gasteiger partial charge is 0.253 e. The van der Waals surface area contributed by atoms with Crippen molar-refractivity contribution in [2.45, 2.75) is 19.4 Å². The summed E-state index contributed by atoms with van der Waals surface area (Å²) in [6.45, 7) is 2.59. The number of nitrogens with zero attached hydrogens (tertiary/aromatic N) is 1. The van der Waals surface area contributed by atoms with Gasteiger partial charge in [-0.05, 0) is 37.6 Å². The van der Waals surface area contributed by atoms with E-state index in [1.165, 1.54) is 0 Å². The maximum atomic E-state index is 12.5. The molecule has 1 fully saturated rings. The number of anilines is 1. The molecule has 2 amide bonds. The van der Waals surface area contributed by atoms with E-state index < -0.39 is 6.04 Å². The molecule has 1 aliphatic rings. The number of benzene rings is 2. The Morgan fingerprint density at radius 2 is 1.87 bits per heavy atom. The number of aryl methyl sites for hydroxylation is 1. The molecule has 0 unspecified atom stereocenters. The van der Waals surface area contributed by atoms with Crippen LogP contribution in [0.1, 0.15) is 22.3 Å². The standard InChI is InChI=1S/C18H17ClN2O2/c1-12-6-8-13(9-7-12)21-11-10-16(18(21)23)20-17(22)14-4-2-3-5-15(14)19/h2-9,16H,10-11H2,1H3,(H,20,22)/t16-/m0/s1. The Balaban J connectivity index is 1.71. The molecule has 0 aliphatic carbocycles. The van der Waals surface area contributed by atoms with Crippen molar-refractivity contribution >= 4 is 29.1 Å². The zero-order valence-corrected chi connectivity index (χ0v) is 13.5. The van der Waals surface area contributed by atoms with Crippen LogP contribution in [0.4, 0.5) is 5.69 Å². The van der Waals surface area contributed by atoms with Gasteiger partial charge in [0.1, 0.15) is 6.04 Å². The first kappa shape index (κ1) is 15.6. The Kier molecular flexibility index (Phi) is 4.35. The Labute approximate surface area is 140 Å². The minimum atomic E-state index is -0.514. The van der Waals surface area contributed by atoms with Crippen molar-refractivity contribution in [3.8, 4) is 0 Å². The average molecular weight is 329 g/mol. The molecular weight excluding hydrogens is 312 g/mol. The summed E-state index contributed by atoms with van der Waals surface area (Å²) in [6.07, 6.45) is 0.586. The minimum absolute atomic E-state index is 0.0887. The monoisotopic (exact) mass is 328 g/mol. The van der Waals surface area contributed by atoms with Crippen LogP contribution in [0.2, 0.25) is 5.02 Å². The maximum absolute atomic E-state index is 12.5. The fraction of sp³-hybridized carbons (Fsp3) is 0.222. The fourth-order valence-corrected chi connectivity index (χ4v) is 2.90. The van der Waals surface area contributed by atoms with Crippen molar-refractivity contribution < 1.29 is 9.59 Å². The van der Waals surface area contributed by atoms with E-state index in [1.54, 1.807) is 29.2 Å². The molecule has 118 valence electrons. The van der Waals surface area contributed by atoms with Crippen molar-refractivity contribution in [3.63, 3.8) is 0 Å². The van der Waals surface area contributed by atoms with Crippen LogP contribution in [0.3, 0.4) is 0 Å². The lowest BCUT2D eigenvalue weighted by atomic mass is 10.2. The van der Waals surface area contributed by atoms with Crippen molar-refractivity contribution in [1.29, 1.82) is 0 Å². The first-order chi connectivity index (χ1) is 11.1. The Hall–Kier alpha value is -2.33. The third-order valence-corrected chi connectivity index (χ3v) is 4.30. The lowest BCUT2D eigenvalue weighted by molar-refractivity contribution is -0.118. The fourth-order valence-electron chi connectivity index (χ4n) is 2.68. The van der Waals surface area contributed by atoms with Crippen LogP contribution in [-0.4, -0.2) is 24.4 Å². The summed E-state index contributed by atoms with van der Waals surface area (Å²) >= 11 is 6.02. The van der Waals surface area contributed by atoms with E-state index in [0.29, 0.717) is 23.6 Å². The van der Waals surface area contributed by atoms with Gasteiger partial charge in [0.25, 0.3) is 5.91 Å². The number of amides is 2. The van der Waals surface area contributed by atoms with Gasteiger partial charge in [0.2, 0.25) is 5.91 Å². The lowest BCUT2D eigenvalue weighted by Gasteiger charge is -2.17. The van der Waals surface area contributed by atoms with E-state index in [2.05, 4.69) is 5.32 Å². The molecule has 23 heavy (non-hydrogen) atoms. The highest BCUT2D eigenvalue weighted by atomic mass is 35.5. The molecule has 1 aliphatic heterocycles. The van der Waals surface area contributed by atoms with E-state index in [1.807, 2.05) is 31.2 Å². The van der Waals surface area contributed by atoms with E-state index in [-0.39, 0.29) is 11.8 Å². The summed E-state index contributed by atoms with van der Waals surface area (Å²) in [5, 5.41) is 3.16. The highest BCUT2D eigenvalue weighted by molar-refractivity contribution is 6.33. The second kappa shape index (κ2) is 6.42. The van der Waals surface area contributed by atoms with E-state index in [4.69, 9.17) is 11.6 Å². The predicted octanol–water partition coefficient (Wildman–Crippen LogP) is 3.18. The molecule has 0 bridgehead atoms. The van der Waals surface area contributed by atoms with Gasteiger partial charge in [-0.1, -0.05) is 41.4 Å². The molecule has 5 heteroatoms. The molecule has 2 aromatic rings. The lowest BCUT2D eigenvalue weighted by Crippen LogP contribution is -2.41. The maximum Gasteiger partial charge on any atom is 0.253 e. The largest absolute Gasteiger partial charge is 0.340 e. The van der Waals surface area contributed by atoms with Crippen molar-refractivity contribution in [2.24, 2.45) is 0 Å². The number of halogens is 1. The second-order valence-corrected chi connectivity index (χ2v) is 6.03. The average Bonchev–Trinajstić information content (AvgIpc) is 2.89. The summed E-state index contributed by atoms with van der Waals surface area (Å²) < 4.78 is 0. The Morgan fingerprint density at radius 3 is 2.57 bits per heavy atom. The molecule has 3 rings (SSSR count). The van der Waals surface area contributed by atoms with Gasteiger partial charge in [-0.3, -0.25) is 9.59 Å². The van der Waals surface area contributed by atoms with Gasteiger partial charge in [0, 0.05) is 12.2 Å². The number of hydrogen-bond acceptors (Lipinski definition) is 2. The minimum Gasteiger partial charge on any atom is -0.340 e. The molecule has 1 saturated heterocycles. The predicted molar refractivity (Wildman–Crippen MR) is 90.9 cm³/mol. The third kappa shape index (κ3) is 3.22.